The number of nitrogens with one attached hydrogen (secondary N) is 1. The molecule has 0 spiro atoms. The van der Waals surface area contributed by atoms with Crippen LogP contribution in [0.2, 0.25) is 0 Å². The van der Waals surface area contributed by atoms with E-state index in [4.69, 9.17) is 0 Å². The van der Waals surface area contributed by atoms with Crippen LogP contribution in [0.4, 0.5) is 0 Å². The van der Waals surface area contributed by atoms with Crippen molar-refractivity contribution in [2.24, 2.45) is 12.5 Å². The number of rotatable bonds is 5. The zero-order chi connectivity index (χ0) is 13.5. The van der Waals surface area contributed by atoms with Crippen molar-refractivity contribution in [1.82, 2.24) is 14.9 Å². The van der Waals surface area contributed by atoms with Gasteiger partial charge in [0, 0.05) is 32.2 Å². The number of fused-ring (bicyclic) bond motifs is 1. The molecule has 1 aliphatic rings. The molecule has 2 aromatic rings. The Bertz CT molecular complexity index is 599. The largest absolute Gasteiger partial charge is 0.396 e. The number of hydrogen-bond donors (Lipinski definition) is 2. The highest BCUT2D eigenvalue weighted by atomic mass is 16.3. The summed E-state index contributed by atoms with van der Waals surface area (Å²) in [4.78, 5) is 4.55. The van der Waals surface area contributed by atoms with E-state index in [1.165, 1.54) is 11.1 Å². The molecule has 0 saturated heterocycles. The number of aliphatic hydroxyl groups excluding tert-OH is 1. The van der Waals surface area contributed by atoms with Crippen LogP contribution in [0.25, 0.3) is 11.0 Å². The van der Waals surface area contributed by atoms with Crippen molar-refractivity contribution in [2.45, 2.75) is 26.3 Å². The fourth-order valence-corrected chi connectivity index (χ4v) is 2.52. The monoisotopic (exact) mass is 259 g/mol. The molecule has 3 rings (SSSR count). The summed E-state index contributed by atoms with van der Waals surface area (Å²) in [6.45, 7) is 4.07. The lowest BCUT2D eigenvalue weighted by atomic mass is 10.1. The third-order valence-corrected chi connectivity index (χ3v) is 4.29. The summed E-state index contributed by atoms with van der Waals surface area (Å²) in [5.74, 6) is 1.04. The van der Waals surface area contributed by atoms with Crippen LogP contribution in [0, 0.1) is 12.3 Å². The molecule has 0 bridgehead atoms. The van der Waals surface area contributed by atoms with Crippen LogP contribution in [0.3, 0.4) is 0 Å². The highest BCUT2D eigenvalue weighted by Crippen LogP contribution is 2.44. The first-order valence-electron chi connectivity index (χ1n) is 6.87. The summed E-state index contributed by atoms with van der Waals surface area (Å²) in [7, 11) is 2.04. The van der Waals surface area contributed by atoms with Crippen molar-refractivity contribution in [1.29, 1.82) is 0 Å². The molecule has 0 radical (unpaired) electrons. The number of nitrogens with zero attached hydrogens (tertiary/aromatic N) is 2. The fourth-order valence-electron chi connectivity index (χ4n) is 2.52. The Kier molecular flexibility index (Phi) is 3.07. The van der Waals surface area contributed by atoms with Gasteiger partial charge in [-0.15, -0.1) is 0 Å². The summed E-state index contributed by atoms with van der Waals surface area (Å²) in [5, 5.41) is 12.7. The third kappa shape index (κ3) is 2.38. The van der Waals surface area contributed by atoms with E-state index in [9.17, 15) is 5.11 Å². The van der Waals surface area contributed by atoms with Crippen LogP contribution >= 0.6 is 0 Å². The molecule has 0 aliphatic heterocycles. The van der Waals surface area contributed by atoms with Gasteiger partial charge in [0.2, 0.25) is 0 Å². The van der Waals surface area contributed by atoms with Crippen molar-refractivity contribution in [2.75, 3.05) is 13.2 Å². The molecule has 19 heavy (non-hydrogen) atoms. The van der Waals surface area contributed by atoms with E-state index < -0.39 is 0 Å². The van der Waals surface area contributed by atoms with Gasteiger partial charge in [-0.25, -0.2) is 4.98 Å². The number of aliphatic hydroxyl groups is 1. The van der Waals surface area contributed by atoms with Gasteiger partial charge in [0.1, 0.15) is 5.82 Å². The van der Waals surface area contributed by atoms with E-state index in [0.29, 0.717) is 6.61 Å². The second-order valence-electron chi connectivity index (χ2n) is 5.80. The van der Waals surface area contributed by atoms with Crippen molar-refractivity contribution >= 4 is 11.0 Å². The van der Waals surface area contributed by atoms with Gasteiger partial charge < -0.3 is 15.0 Å². The highest BCUT2D eigenvalue weighted by Gasteiger charge is 2.41. The molecule has 1 heterocycles. The molecule has 1 fully saturated rings. The van der Waals surface area contributed by atoms with Crippen LogP contribution < -0.4 is 5.32 Å². The van der Waals surface area contributed by atoms with Crippen molar-refractivity contribution in [3.63, 3.8) is 0 Å². The number of imidazole rings is 1. The van der Waals surface area contributed by atoms with E-state index in [1.54, 1.807) is 0 Å². The maximum Gasteiger partial charge on any atom is 0.106 e. The minimum Gasteiger partial charge on any atom is -0.396 e. The van der Waals surface area contributed by atoms with Gasteiger partial charge in [0.05, 0.1) is 11.0 Å². The van der Waals surface area contributed by atoms with E-state index >= 15 is 0 Å². The van der Waals surface area contributed by atoms with Gasteiger partial charge in [0.15, 0.2) is 0 Å². The Morgan fingerprint density at radius 3 is 2.89 bits per heavy atom. The zero-order valence-electron chi connectivity index (χ0n) is 11.6. The molecule has 102 valence electrons. The minimum atomic E-state index is 0.172. The second-order valence-corrected chi connectivity index (χ2v) is 5.80. The number of aryl methyl sites for hydroxylation is 2. The Morgan fingerprint density at radius 1 is 1.42 bits per heavy atom. The molecule has 4 heteroatoms. The smallest absolute Gasteiger partial charge is 0.106 e. The molecular formula is C15H21N3O. The molecule has 1 aromatic heterocycles. The number of aromatic nitrogens is 2. The topological polar surface area (TPSA) is 50.1 Å². The lowest BCUT2D eigenvalue weighted by Gasteiger charge is -2.12. The van der Waals surface area contributed by atoms with Crippen LogP contribution in [-0.2, 0) is 13.6 Å². The molecule has 4 nitrogen and oxygen atoms in total. The Hall–Kier alpha value is -1.39. The average Bonchev–Trinajstić information content (AvgIpc) is 3.13. The Morgan fingerprint density at radius 2 is 2.21 bits per heavy atom. The first kappa shape index (κ1) is 12.6. The molecule has 0 unspecified atom stereocenters. The summed E-state index contributed by atoms with van der Waals surface area (Å²) in [6.07, 6.45) is 2.30. The average molecular weight is 259 g/mol. The lowest BCUT2D eigenvalue weighted by molar-refractivity contribution is 0.207. The van der Waals surface area contributed by atoms with Crippen LogP contribution in [0.5, 0.6) is 0 Å². The van der Waals surface area contributed by atoms with Gasteiger partial charge >= 0.3 is 0 Å². The normalized spacial score (nSPS) is 17.0. The van der Waals surface area contributed by atoms with Crippen molar-refractivity contribution < 1.29 is 5.11 Å². The number of hydrogen-bond acceptors (Lipinski definition) is 3. The molecular weight excluding hydrogens is 238 g/mol. The molecule has 1 aromatic carbocycles. The summed E-state index contributed by atoms with van der Waals surface area (Å²) in [5.41, 5.74) is 3.66. The van der Waals surface area contributed by atoms with Gasteiger partial charge in [-0.2, -0.15) is 0 Å². The molecule has 0 amide bonds. The molecule has 2 N–H and O–H groups in total. The standard InChI is InChI=1S/C15H21N3O/c1-11-17-13-7-12(3-4-14(13)18(11)2)8-16-9-15(10-19)5-6-15/h3-4,7,16,19H,5-6,8-10H2,1-2H3. The molecule has 1 aliphatic carbocycles. The van der Waals surface area contributed by atoms with Crippen LogP contribution in [0.15, 0.2) is 18.2 Å². The minimum absolute atomic E-state index is 0.172. The Balaban J connectivity index is 1.68. The van der Waals surface area contributed by atoms with Gasteiger partial charge in [-0.1, -0.05) is 6.07 Å². The van der Waals surface area contributed by atoms with E-state index in [2.05, 4.69) is 33.1 Å². The van der Waals surface area contributed by atoms with Gasteiger partial charge in [0.25, 0.3) is 0 Å². The molecule has 0 atom stereocenters. The van der Waals surface area contributed by atoms with Gasteiger partial charge in [-0.05, 0) is 37.5 Å². The van der Waals surface area contributed by atoms with E-state index in [-0.39, 0.29) is 5.41 Å². The highest BCUT2D eigenvalue weighted by molar-refractivity contribution is 5.76. The Labute approximate surface area is 113 Å². The lowest BCUT2D eigenvalue weighted by Crippen LogP contribution is -2.26. The third-order valence-electron chi connectivity index (χ3n) is 4.29. The predicted molar refractivity (Wildman–Crippen MR) is 75.9 cm³/mol. The first-order chi connectivity index (χ1) is 9.13. The second kappa shape index (κ2) is 4.62. The van der Waals surface area contributed by atoms with Crippen LogP contribution in [-0.4, -0.2) is 27.8 Å². The number of benzene rings is 1. The summed E-state index contributed by atoms with van der Waals surface area (Å²) >= 11 is 0. The zero-order valence-corrected chi connectivity index (χ0v) is 11.6. The van der Waals surface area contributed by atoms with E-state index in [1.807, 2.05) is 14.0 Å². The van der Waals surface area contributed by atoms with E-state index in [0.717, 1.165) is 37.3 Å². The summed E-state index contributed by atoms with van der Waals surface area (Å²) in [6, 6.07) is 6.42. The van der Waals surface area contributed by atoms with Crippen LogP contribution in [0.1, 0.15) is 24.2 Å². The quantitative estimate of drug-likeness (QED) is 0.860. The first-order valence-corrected chi connectivity index (χ1v) is 6.87. The summed E-state index contributed by atoms with van der Waals surface area (Å²) < 4.78 is 2.11. The van der Waals surface area contributed by atoms with Crippen molar-refractivity contribution in [3.05, 3.63) is 29.6 Å². The molecule has 1 saturated carbocycles. The van der Waals surface area contributed by atoms with Crippen molar-refractivity contribution in [3.8, 4) is 0 Å². The van der Waals surface area contributed by atoms with Gasteiger partial charge in [-0.3, -0.25) is 0 Å². The SMILES string of the molecule is Cc1nc2cc(CNCC3(CO)CC3)ccc2n1C. The predicted octanol–water partition coefficient (Wildman–Crippen LogP) is 1.74. The fraction of sp³-hybridized carbons (Fsp3) is 0.533. The maximum absolute atomic E-state index is 9.28. The maximum atomic E-state index is 9.28.